The molecule has 4 saturated carbocycles. The topological polar surface area (TPSA) is 12.5 Å². The monoisotopic (exact) mass is 687 g/mol. The van der Waals surface area contributed by atoms with Crippen molar-refractivity contribution >= 4 is 17.1 Å². The average Bonchev–Trinajstić information content (AvgIpc) is 3.64. The van der Waals surface area contributed by atoms with E-state index in [1.54, 1.807) is 0 Å². The van der Waals surface area contributed by atoms with Crippen LogP contribution in [0, 0.1) is 29.1 Å². The Balaban J connectivity index is 1.13. The second-order valence-corrected chi connectivity index (χ2v) is 21.2. The van der Waals surface area contributed by atoms with Crippen molar-refractivity contribution < 1.29 is 4.74 Å². The molecule has 2 heteroatoms. The van der Waals surface area contributed by atoms with Crippen molar-refractivity contribution in [1.29, 1.82) is 0 Å². The lowest BCUT2D eigenvalue weighted by atomic mass is 9.26. The van der Waals surface area contributed by atoms with Gasteiger partial charge in [-0.1, -0.05) is 85.7 Å². The van der Waals surface area contributed by atoms with E-state index in [0.717, 1.165) is 35.2 Å². The molecule has 6 aliphatic carbocycles. The maximum absolute atomic E-state index is 6.88. The zero-order valence-corrected chi connectivity index (χ0v) is 32.8. The Bertz CT molecular complexity index is 2120. The summed E-state index contributed by atoms with van der Waals surface area (Å²) in [6.07, 6.45) is 10.6. The molecule has 2 nitrogen and oxygen atoms in total. The Kier molecular flexibility index (Phi) is 6.00. The third kappa shape index (κ3) is 3.78. The lowest BCUT2D eigenvalue weighted by molar-refractivity contribution is -0.235. The summed E-state index contributed by atoms with van der Waals surface area (Å²) in [5.74, 6) is 5.52. The van der Waals surface area contributed by atoms with Crippen LogP contribution in [0.15, 0.2) is 78.9 Å². The fourth-order valence-electron chi connectivity index (χ4n) is 14.1. The molecule has 11 rings (SSSR count). The minimum absolute atomic E-state index is 0.0568. The van der Waals surface area contributed by atoms with Gasteiger partial charge in [-0.25, -0.2) is 0 Å². The van der Waals surface area contributed by atoms with Crippen LogP contribution >= 0.6 is 0 Å². The number of fused-ring (bicyclic) bond motifs is 9. The second kappa shape index (κ2) is 9.77. The lowest BCUT2D eigenvalue weighted by Crippen LogP contribution is -2.74. The summed E-state index contributed by atoms with van der Waals surface area (Å²) in [6, 6.07) is 31.3. The second-order valence-electron chi connectivity index (χ2n) is 21.2. The van der Waals surface area contributed by atoms with E-state index in [0.29, 0.717) is 5.41 Å². The highest BCUT2D eigenvalue weighted by atomic mass is 16.5. The van der Waals surface area contributed by atoms with Crippen molar-refractivity contribution in [3.63, 3.8) is 0 Å². The van der Waals surface area contributed by atoms with Gasteiger partial charge >= 0.3 is 0 Å². The Labute approximate surface area is 312 Å². The number of rotatable bonds is 3. The Morgan fingerprint density at radius 1 is 0.500 bits per heavy atom. The highest BCUT2D eigenvalue weighted by Crippen LogP contribution is 2.89. The molecule has 0 amide bonds. The first kappa shape index (κ1) is 32.0. The molecule has 2 bridgehead atoms. The van der Waals surface area contributed by atoms with Crippen molar-refractivity contribution in [2.24, 2.45) is 29.1 Å². The van der Waals surface area contributed by atoms with Crippen LogP contribution in [0.25, 0.3) is 0 Å². The summed E-state index contributed by atoms with van der Waals surface area (Å²) in [5.41, 5.74) is 14.1. The molecule has 0 aromatic heterocycles. The van der Waals surface area contributed by atoms with E-state index in [9.17, 15) is 0 Å². The van der Waals surface area contributed by atoms with Gasteiger partial charge in [-0.2, -0.15) is 0 Å². The molecule has 52 heavy (non-hydrogen) atoms. The highest BCUT2D eigenvalue weighted by molar-refractivity contribution is 5.80. The van der Waals surface area contributed by atoms with E-state index in [-0.39, 0.29) is 27.1 Å². The molecule has 1 aliphatic heterocycles. The van der Waals surface area contributed by atoms with Gasteiger partial charge in [0.05, 0.1) is 0 Å². The van der Waals surface area contributed by atoms with E-state index < -0.39 is 0 Å². The third-order valence-corrected chi connectivity index (χ3v) is 16.9. The molecular formula is C50H57NO. The molecule has 0 saturated heterocycles. The Hall–Kier alpha value is -3.52. The minimum Gasteiger partial charge on any atom is -0.457 e. The normalized spacial score (nSPS) is 33.7. The molecule has 1 heterocycles. The molecule has 2 spiro atoms. The summed E-state index contributed by atoms with van der Waals surface area (Å²) in [4.78, 5) is 2.61. The third-order valence-electron chi connectivity index (χ3n) is 16.9. The molecule has 0 radical (unpaired) electrons. The maximum atomic E-state index is 6.88. The zero-order valence-electron chi connectivity index (χ0n) is 32.8. The summed E-state index contributed by atoms with van der Waals surface area (Å²) < 4.78 is 6.88. The van der Waals surface area contributed by atoms with Gasteiger partial charge in [0.15, 0.2) is 0 Å². The SMILES string of the molecule is CC1(C)CCC(C)(C)c2cc(N(c3ccc4c(c3)C(C)(C)CCC4(C)C)c3ccc4c(c3)C3(c5ccccc5O4)C4CC5CC6CC3C64C5)ccc21. The number of para-hydroxylation sites is 1. The van der Waals surface area contributed by atoms with Crippen LogP contribution in [-0.2, 0) is 27.1 Å². The predicted octanol–water partition coefficient (Wildman–Crippen LogP) is 13.3. The smallest absolute Gasteiger partial charge is 0.131 e. The summed E-state index contributed by atoms with van der Waals surface area (Å²) in [5, 5.41) is 0. The fraction of sp³-hybridized carbons (Fsp3) is 0.520. The van der Waals surface area contributed by atoms with Gasteiger partial charge in [0.1, 0.15) is 11.5 Å². The van der Waals surface area contributed by atoms with Crippen LogP contribution in [0.3, 0.4) is 0 Å². The molecule has 6 atom stereocenters. The van der Waals surface area contributed by atoms with Crippen molar-refractivity contribution in [3.8, 4) is 11.5 Å². The standard InChI is InChI=1S/C50H57NO/c1-45(2)19-21-47(5,6)38-26-32(13-16-35(38)45)51(33-14-17-36-39(27-33)48(7,8)22-20-46(36,3)4)34-15-18-42-40(28-34)50(37-11-9-10-12-41(37)52-42)43-24-30-23-31-25-44(50)49(31,43)29-30/h9-18,26-28,30-31,43-44H,19-25,29H2,1-8H3. The number of hydrogen-bond acceptors (Lipinski definition) is 2. The molecule has 4 aromatic carbocycles. The van der Waals surface area contributed by atoms with Gasteiger partial charge < -0.3 is 9.64 Å². The quantitative estimate of drug-likeness (QED) is 0.213. The van der Waals surface area contributed by atoms with E-state index in [4.69, 9.17) is 4.74 Å². The van der Waals surface area contributed by atoms with Crippen molar-refractivity contribution in [2.45, 2.75) is 134 Å². The Morgan fingerprint density at radius 3 is 1.60 bits per heavy atom. The first-order valence-electron chi connectivity index (χ1n) is 20.7. The Morgan fingerprint density at radius 2 is 1.00 bits per heavy atom. The minimum atomic E-state index is 0.0568. The van der Waals surface area contributed by atoms with Crippen LogP contribution in [0.4, 0.5) is 17.1 Å². The number of ether oxygens (including phenoxy) is 1. The number of hydrogen-bond donors (Lipinski definition) is 0. The molecule has 6 unspecified atom stereocenters. The first-order valence-corrected chi connectivity index (χ1v) is 20.7. The van der Waals surface area contributed by atoms with Crippen molar-refractivity contribution in [2.75, 3.05) is 4.90 Å². The van der Waals surface area contributed by atoms with E-state index in [1.165, 1.54) is 102 Å². The largest absolute Gasteiger partial charge is 0.457 e. The molecular weight excluding hydrogens is 631 g/mol. The van der Waals surface area contributed by atoms with Crippen molar-refractivity contribution in [3.05, 3.63) is 112 Å². The fourth-order valence-corrected chi connectivity index (χ4v) is 14.1. The lowest BCUT2D eigenvalue weighted by Gasteiger charge is -2.77. The van der Waals surface area contributed by atoms with Crippen LogP contribution in [0.2, 0.25) is 0 Å². The van der Waals surface area contributed by atoms with Crippen LogP contribution in [0.5, 0.6) is 11.5 Å². The van der Waals surface area contributed by atoms with Gasteiger partial charge in [0.2, 0.25) is 0 Å². The summed E-state index contributed by atoms with van der Waals surface area (Å²) in [7, 11) is 0. The van der Waals surface area contributed by atoms with Gasteiger partial charge in [0, 0.05) is 33.6 Å². The molecule has 4 fully saturated rings. The van der Waals surface area contributed by atoms with E-state index in [2.05, 4.69) is 139 Å². The first-order chi connectivity index (χ1) is 24.7. The molecule has 0 N–H and O–H groups in total. The van der Waals surface area contributed by atoms with Gasteiger partial charge in [-0.05, 0) is 173 Å². The number of benzene rings is 4. The van der Waals surface area contributed by atoms with E-state index in [1.807, 2.05) is 0 Å². The zero-order chi connectivity index (χ0) is 35.8. The highest BCUT2D eigenvalue weighted by Gasteiger charge is 2.84. The van der Waals surface area contributed by atoms with Gasteiger partial charge in [-0.15, -0.1) is 0 Å². The van der Waals surface area contributed by atoms with Gasteiger partial charge in [0.25, 0.3) is 0 Å². The average molecular weight is 688 g/mol. The predicted molar refractivity (Wildman–Crippen MR) is 214 cm³/mol. The van der Waals surface area contributed by atoms with Crippen LogP contribution < -0.4 is 9.64 Å². The number of anilines is 3. The van der Waals surface area contributed by atoms with Crippen molar-refractivity contribution in [1.82, 2.24) is 0 Å². The molecule has 268 valence electrons. The van der Waals surface area contributed by atoms with Crippen LogP contribution in [0.1, 0.15) is 140 Å². The van der Waals surface area contributed by atoms with Gasteiger partial charge in [-0.3, -0.25) is 0 Å². The summed E-state index contributed by atoms with van der Waals surface area (Å²) in [6.45, 7) is 19.6. The summed E-state index contributed by atoms with van der Waals surface area (Å²) >= 11 is 0. The molecule has 7 aliphatic rings. The number of nitrogens with zero attached hydrogens (tertiary/aromatic N) is 1. The molecule has 4 aromatic rings. The van der Waals surface area contributed by atoms with E-state index >= 15 is 0 Å². The maximum Gasteiger partial charge on any atom is 0.131 e. The van der Waals surface area contributed by atoms with Crippen LogP contribution in [-0.4, -0.2) is 0 Å².